The summed E-state index contributed by atoms with van der Waals surface area (Å²) < 4.78 is 4.84. The summed E-state index contributed by atoms with van der Waals surface area (Å²) in [5.74, 6) is 0. The molecule has 0 radical (unpaired) electrons. The highest BCUT2D eigenvalue weighted by Gasteiger charge is 2.09. The molecule has 0 unspecified atom stereocenters. The van der Waals surface area contributed by atoms with Gasteiger partial charge in [-0.3, -0.25) is 4.58 Å². The smallest absolute Gasteiger partial charge is 0.205 e. The Hall–Kier alpha value is 0.137. The van der Waals surface area contributed by atoms with Crippen molar-refractivity contribution in [3.63, 3.8) is 0 Å². The largest absolute Gasteiger partial charge is 0.294 e. The second-order valence-corrected chi connectivity index (χ2v) is 3.42. The predicted octanol–water partition coefficient (Wildman–Crippen LogP) is 0.865. The Morgan fingerprint density at radius 3 is 1.88 bits per heavy atom. The molecule has 0 fully saturated rings. The summed E-state index contributed by atoms with van der Waals surface area (Å²) in [7, 11) is -0.388. The molecule has 0 rings (SSSR count). The first kappa shape index (κ1) is 8.14. The van der Waals surface area contributed by atoms with Gasteiger partial charge in [-0.1, -0.05) is 0 Å². The maximum absolute atomic E-state index is 4.94. The van der Waals surface area contributed by atoms with Crippen LogP contribution in [0.25, 0.3) is 0 Å². The highest BCUT2D eigenvalue weighted by Crippen LogP contribution is 2.05. The van der Waals surface area contributed by atoms with E-state index >= 15 is 0 Å². The van der Waals surface area contributed by atoms with Crippen molar-refractivity contribution in [3.8, 4) is 0 Å². The van der Waals surface area contributed by atoms with E-state index in [1.807, 2.05) is 27.3 Å². The molecule has 0 aromatic rings. The van der Waals surface area contributed by atoms with Gasteiger partial charge in [-0.25, -0.2) is 4.89 Å². The average Bonchev–Trinajstić information content (AvgIpc) is 1.59. The zero-order chi connectivity index (χ0) is 6.62. The Balaban J connectivity index is 3.11. The Bertz CT molecular complexity index is 57.9. The van der Waals surface area contributed by atoms with Crippen LogP contribution in [-0.2, 0) is 9.46 Å². The molecule has 0 N–H and O–H groups in total. The van der Waals surface area contributed by atoms with E-state index in [1.165, 1.54) is 0 Å². The molecule has 0 aliphatic carbocycles. The lowest BCUT2D eigenvalue weighted by Gasteiger charge is -2.16. The fourth-order valence-electron chi connectivity index (χ4n) is 0.236. The van der Waals surface area contributed by atoms with E-state index in [-0.39, 0.29) is 15.4 Å². The Morgan fingerprint density at radius 1 is 1.25 bits per heavy atom. The van der Waals surface area contributed by atoms with Crippen molar-refractivity contribution >= 4 is 9.76 Å². The molecule has 0 aliphatic heterocycles. The van der Waals surface area contributed by atoms with Gasteiger partial charge in [0.2, 0.25) is 9.76 Å². The molecule has 0 aromatic heterocycles. The third kappa shape index (κ3) is 6.14. The molecule has 0 saturated carbocycles. The van der Waals surface area contributed by atoms with Crippen molar-refractivity contribution < 1.29 is 9.46 Å². The van der Waals surface area contributed by atoms with Gasteiger partial charge in [-0.2, -0.15) is 0 Å². The third-order valence-corrected chi connectivity index (χ3v) is 0.780. The monoisotopic (exact) mass is 134 g/mol. The van der Waals surface area contributed by atoms with Crippen LogP contribution in [0.2, 0.25) is 6.55 Å². The second kappa shape index (κ2) is 3.22. The molecule has 3 heteroatoms. The summed E-state index contributed by atoms with van der Waals surface area (Å²) in [6.07, 6.45) is 0. The zero-order valence-corrected chi connectivity index (χ0v) is 7.44. The minimum absolute atomic E-state index is 0.136. The highest BCUT2D eigenvalue weighted by atomic mass is 28.2. The molecule has 50 valence electrons. The maximum atomic E-state index is 4.94. The van der Waals surface area contributed by atoms with Crippen molar-refractivity contribution in [3.05, 3.63) is 0 Å². The van der Waals surface area contributed by atoms with Crippen LogP contribution in [0.1, 0.15) is 20.8 Å². The SMILES string of the molecule is C[SiH2]OOC(C)(C)C. The van der Waals surface area contributed by atoms with E-state index in [0.717, 1.165) is 0 Å². The van der Waals surface area contributed by atoms with Crippen LogP contribution in [0.5, 0.6) is 0 Å². The molecule has 8 heavy (non-hydrogen) atoms. The van der Waals surface area contributed by atoms with Gasteiger partial charge in [-0.05, 0) is 27.3 Å². The van der Waals surface area contributed by atoms with Gasteiger partial charge in [0.1, 0.15) is 0 Å². The van der Waals surface area contributed by atoms with Crippen molar-refractivity contribution in [2.75, 3.05) is 0 Å². The van der Waals surface area contributed by atoms with Crippen LogP contribution >= 0.6 is 0 Å². The number of rotatable bonds is 2. The van der Waals surface area contributed by atoms with E-state index in [4.69, 9.17) is 9.46 Å². The van der Waals surface area contributed by atoms with Crippen LogP contribution in [0.4, 0.5) is 0 Å². The summed E-state index contributed by atoms with van der Waals surface area (Å²) in [5, 5.41) is 0. The van der Waals surface area contributed by atoms with Gasteiger partial charge in [-0.15, -0.1) is 0 Å². The zero-order valence-electron chi connectivity index (χ0n) is 6.02. The maximum Gasteiger partial charge on any atom is 0.205 e. The van der Waals surface area contributed by atoms with Crippen LogP contribution in [0, 0.1) is 0 Å². The summed E-state index contributed by atoms with van der Waals surface area (Å²) >= 11 is 0. The highest BCUT2D eigenvalue weighted by molar-refractivity contribution is 6.24. The Kier molecular flexibility index (Phi) is 3.27. The summed E-state index contributed by atoms with van der Waals surface area (Å²) in [6.45, 7) is 7.94. The fourth-order valence-corrected chi connectivity index (χ4v) is 0.707. The van der Waals surface area contributed by atoms with Crippen LogP contribution in [-0.4, -0.2) is 15.4 Å². The molecule has 0 aliphatic rings. The minimum Gasteiger partial charge on any atom is -0.294 e. The minimum atomic E-state index is -0.388. The lowest BCUT2D eigenvalue weighted by molar-refractivity contribution is -0.276. The first-order chi connectivity index (χ1) is 3.56. The molecule has 2 nitrogen and oxygen atoms in total. The van der Waals surface area contributed by atoms with Gasteiger partial charge in [0.05, 0.1) is 5.60 Å². The van der Waals surface area contributed by atoms with Gasteiger partial charge in [0.15, 0.2) is 0 Å². The first-order valence-electron chi connectivity index (χ1n) is 2.87. The van der Waals surface area contributed by atoms with E-state index in [9.17, 15) is 0 Å². The molecule has 0 amide bonds. The topological polar surface area (TPSA) is 18.5 Å². The third-order valence-electron chi connectivity index (χ3n) is 0.427. The molecular formula is C5H14O2Si. The second-order valence-electron chi connectivity index (χ2n) is 2.60. The molecule has 0 aromatic carbocycles. The lowest BCUT2D eigenvalue weighted by Crippen LogP contribution is -2.19. The quantitative estimate of drug-likeness (QED) is 0.317. The molecule has 0 bridgehead atoms. The summed E-state index contributed by atoms with van der Waals surface area (Å²) in [6, 6.07) is 0. The van der Waals surface area contributed by atoms with E-state index in [0.29, 0.717) is 0 Å². The van der Waals surface area contributed by atoms with E-state index < -0.39 is 0 Å². The van der Waals surface area contributed by atoms with Crippen molar-refractivity contribution in [1.82, 2.24) is 0 Å². The number of hydrogen-bond donors (Lipinski definition) is 0. The molecule has 0 heterocycles. The molecule has 0 spiro atoms. The normalized spacial score (nSPS) is 13.5. The van der Waals surface area contributed by atoms with Gasteiger partial charge in [0, 0.05) is 0 Å². The molecular weight excluding hydrogens is 120 g/mol. The summed E-state index contributed by atoms with van der Waals surface area (Å²) in [5.41, 5.74) is -0.136. The van der Waals surface area contributed by atoms with E-state index in [2.05, 4.69) is 0 Å². The van der Waals surface area contributed by atoms with Gasteiger partial charge >= 0.3 is 0 Å². The lowest BCUT2D eigenvalue weighted by atomic mass is 10.2. The van der Waals surface area contributed by atoms with Crippen molar-refractivity contribution in [2.24, 2.45) is 0 Å². The Morgan fingerprint density at radius 2 is 1.75 bits per heavy atom. The predicted molar refractivity (Wildman–Crippen MR) is 36.3 cm³/mol. The standard InChI is InChI=1S/C5H14O2Si/c1-5(2,3)6-7-8-4/h8H2,1-4H3. The number of hydrogen-bond acceptors (Lipinski definition) is 2. The van der Waals surface area contributed by atoms with Crippen LogP contribution in [0.15, 0.2) is 0 Å². The molecule has 0 atom stereocenters. The van der Waals surface area contributed by atoms with Crippen LogP contribution in [0.3, 0.4) is 0 Å². The van der Waals surface area contributed by atoms with Gasteiger partial charge < -0.3 is 0 Å². The van der Waals surface area contributed by atoms with Crippen molar-refractivity contribution in [2.45, 2.75) is 32.9 Å². The Labute approximate surface area is 53.1 Å². The van der Waals surface area contributed by atoms with Gasteiger partial charge in [0.25, 0.3) is 0 Å². The first-order valence-corrected chi connectivity index (χ1v) is 4.86. The fraction of sp³-hybridized carbons (Fsp3) is 1.00. The summed E-state index contributed by atoms with van der Waals surface area (Å²) in [4.78, 5) is 4.94. The van der Waals surface area contributed by atoms with Crippen LogP contribution < -0.4 is 0 Å². The molecule has 0 saturated heterocycles. The van der Waals surface area contributed by atoms with E-state index in [1.54, 1.807) is 0 Å². The van der Waals surface area contributed by atoms with Crippen molar-refractivity contribution in [1.29, 1.82) is 0 Å². The average molecular weight is 134 g/mol.